The molecule has 1 fully saturated rings. The number of hydrogen-bond donors (Lipinski definition) is 3. The molecule has 0 amide bonds. The summed E-state index contributed by atoms with van der Waals surface area (Å²) in [6.07, 6.45) is 3.30. The number of alkyl halides is 2. The molecule has 1 saturated heterocycles. The second-order valence-corrected chi connectivity index (χ2v) is 4.95. The number of nitrogens with one attached hydrogen (secondary N) is 2. The van der Waals surface area contributed by atoms with E-state index < -0.39 is 19.1 Å². The average molecular weight is 302 g/mol. The van der Waals surface area contributed by atoms with Gasteiger partial charge in [0.25, 0.3) is 5.92 Å². The van der Waals surface area contributed by atoms with Crippen LogP contribution in [-0.4, -0.2) is 59.3 Å². The molecule has 1 aliphatic rings. The molecule has 1 aliphatic heterocycles. The summed E-state index contributed by atoms with van der Waals surface area (Å²) in [5.74, 6) is -2.34. The standard InChI is InChI=1S/C12H20F2N6O/c1-15-9-17-10(16-7-12(13,14)8-21)19-11(18-9)20-5-3-2-4-6-20/h21H,2-8H2,1H3,(H2,15,16,17,18,19). The number of aliphatic hydroxyl groups is 1. The van der Waals surface area contributed by atoms with E-state index in [-0.39, 0.29) is 5.95 Å². The number of aromatic nitrogens is 3. The zero-order chi connectivity index (χ0) is 15.3. The van der Waals surface area contributed by atoms with E-state index >= 15 is 0 Å². The van der Waals surface area contributed by atoms with Crippen molar-refractivity contribution in [3.05, 3.63) is 0 Å². The van der Waals surface area contributed by atoms with E-state index in [9.17, 15) is 8.78 Å². The minimum absolute atomic E-state index is 0.0723. The maximum absolute atomic E-state index is 13.1. The lowest BCUT2D eigenvalue weighted by atomic mass is 10.1. The molecule has 9 heteroatoms. The van der Waals surface area contributed by atoms with Crippen LogP contribution in [0.4, 0.5) is 26.6 Å². The van der Waals surface area contributed by atoms with Crippen molar-refractivity contribution < 1.29 is 13.9 Å². The summed E-state index contributed by atoms with van der Waals surface area (Å²) in [5, 5.41) is 13.8. The normalized spacial score (nSPS) is 15.9. The average Bonchev–Trinajstić information content (AvgIpc) is 2.53. The van der Waals surface area contributed by atoms with Crippen molar-refractivity contribution in [2.24, 2.45) is 0 Å². The molecular formula is C12H20F2N6O. The molecule has 0 aromatic carbocycles. The monoisotopic (exact) mass is 302 g/mol. The number of piperidine rings is 1. The summed E-state index contributed by atoms with van der Waals surface area (Å²) in [6, 6.07) is 0. The summed E-state index contributed by atoms with van der Waals surface area (Å²) in [6.45, 7) is -0.252. The second kappa shape index (κ2) is 6.79. The van der Waals surface area contributed by atoms with Gasteiger partial charge in [-0.05, 0) is 19.3 Å². The first-order valence-corrected chi connectivity index (χ1v) is 6.95. The van der Waals surface area contributed by atoms with E-state index in [1.807, 2.05) is 4.90 Å². The molecule has 0 aliphatic carbocycles. The van der Waals surface area contributed by atoms with Crippen molar-refractivity contribution in [1.82, 2.24) is 15.0 Å². The number of rotatable bonds is 6. The number of halogens is 2. The Labute approximate surface area is 121 Å². The van der Waals surface area contributed by atoms with Crippen LogP contribution in [0.25, 0.3) is 0 Å². The summed E-state index contributed by atoms with van der Waals surface area (Å²) in [7, 11) is 1.65. The highest BCUT2D eigenvalue weighted by Gasteiger charge is 2.28. The summed E-state index contributed by atoms with van der Waals surface area (Å²) in [4.78, 5) is 14.4. The van der Waals surface area contributed by atoms with Crippen molar-refractivity contribution in [2.75, 3.05) is 48.8 Å². The van der Waals surface area contributed by atoms with Gasteiger partial charge in [-0.15, -0.1) is 0 Å². The van der Waals surface area contributed by atoms with E-state index in [0.717, 1.165) is 25.9 Å². The van der Waals surface area contributed by atoms with E-state index in [1.165, 1.54) is 6.42 Å². The predicted molar refractivity (Wildman–Crippen MR) is 76.0 cm³/mol. The lowest BCUT2D eigenvalue weighted by Gasteiger charge is -2.27. The molecule has 0 atom stereocenters. The zero-order valence-electron chi connectivity index (χ0n) is 11.9. The van der Waals surface area contributed by atoms with Crippen LogP contribution >= 0.6 is 0 Å². The van der Waals surface area contributed by atoms with Gasteiger partial charge in [-0.3, -0.25) is 0 Å². The quantitative estimate of drug-likeness (QED) is 0.721. The van der Waals surface area contributed by atoms with Crippen LogP contribution in [0.3, 0.4) is 0 Å². The van der Waals surface area contributed by atoms with Crippen LogP contribution in [0.5, 0.6) is 0 Å². The first-order valence-electron chi connectivity index (χ1n) is 6.95. The highest BCUT2D eigenvalue weighted by atomic mass is 19.3. The maximum Gasteiger partial charge on any atom is 0.287 e. The molecule has 21 heavy (non-hydrogen) atoms. The Morgan fingerprint density at radius 2 is 1.81 bits per heavy atom. The first kappa shape index (κ1) is 15.6. The van der Waals surface area contributed by atoms with Gasteiger partial charge >= 0.3 is 0 Å². The van der Waals surface area contributed by atoms with Crippen molar-refractivity contribution >= 4 is 17.8 Å². The van der Waals surface area contributed by atoms with Gasteiger partial charge in [0.1, 0.15) is 6.61 Å². The Hall–Kier alpha value is -1.77. The highest BCUT2D eigenvalue weighted by molar-refractivity contribution is 5.43. The van der Waals surface area contributed by atoms with Crippen LogP contribution < -0.4 is 15.5 Å². The van der Waals surface area contributed by atoms with Crippen molar-refractivity contribution in [1.29, 1.82) is 0 Å². The van der Waals surface area contributed by atoms with Crippen molar-refractivity contribution in [2.45, 2.75) is 25.2 Å². The lowest BCUT2D eigenvalue weighted by molar-refractivity contribution is -0.0374. The molecule has 0 saturated carbocycles. The molecule has 0 spiro atoms. The predicted octanol–water partition coefficient (Wildman–Crippen LogP) is 0.943. The van der Waals surface area contributed by atoms with Crippen LogP contribution in [0.15, 0.2) is 0 Å². The van der Waals surface area contributed by atoms with Gasteiger partial charge in [-0.25, -0.2) is 8.78 Å². The third kappa shape index (κ3) is 4.35. The summed E-state index contributed by atoms with van der Waals surface area (Å²) >= 11 is 0. The Kier molecular flexibility index (Phi) is 5.05. The van der Waals surface area contributed by atoms with Crippen molar-refractivity contribution in [3.8, 4) is 0 Å². The third-order valence-corrected chi connectivity index (χ3v) is 3.22. The van der Waals surface area contributed by atoms with Gasteiger partial charge in [0.15, 0.2) is 0 Å². The molecule has 0 bridgehead atoms. The summed E-state index contributed by atoms with van der Waals surface area (Å²) in [5.41, 5.74) is 0. The van der Waals surface area contributed by atoms with Crippen LogP contribution in [0.2, 0.25) is 0 Å². The Morgan fingerprint density at radius 1 is 1.14 bits per heavy atom. The van der Waals surface area contributed by atoms with Crippen LogP contribution in [0.1, 0.15) is 19.3 Å². The molecule has 3 N–H and O–H groups in total. The Morgan fingerprint density at radius 3 is 2.43 bits per heavy atom. The highest BCUT2D eigenvalue weighted by Crippen LogP contribution is 2.19. The first-order chi connectivity index (χ1) is 10.0. The molecule has 7 nitrogen and oxygen atoms in total. The zero-order valence-corrected chi connectivity index (χ0v) is 11.9. The minimum Gasteiger partial charge on any atom is -0.390 e. The SMILES string of the molecule is CNc1nc(NCC(F)(F)CO)nc(N2CCCCC2)n1. The van der Waals surface area contributed by atoms with Gasteiger partial charge < -0.3 is 20.6 Å². The van der Waals surface area contributed by atoms with Crippen LogP contribution in [-0.2, 0) is 0 Å². The fourth-order valence-electron chi connectivity index (χ4n) is 2.06. The largest absolute Gasteiger partial charge is 0.390 e. The maximum atomic E-state index is 13.1. The van der Waals surface area contributed by atoms with E-state index in [0.29, 0.717) is 11.9 Å². The fourth-order valence-corrected chi connectivity index (χ4v) is 2.06. The van der Waals surface area contributed by atoms with E-state index in [2.05, 4.69) is 25.6 Å². The fraction of sp³-hybridized carbons (Fsp3) is 0.750. The number of aliphatic hydroxyl groups excluding tert-OH is 1. The topological polar surface area (TPSA) is 86.2 Å². The van der Waals surface area contributed by atoms with Gasteiger partial charge in [0, 0.05) is 20.1 Å². The molecule has 0 unspecified atom stereocenters. The van der Waals surface area contributed by atoms with Crippen molar-refractivity contribution in [3.63, 3.8) is 0 Å². The summed E-state index contributed by atoms with van der Waals surface area (Å²) < 4.78 is 26.1. The molecule has 0 radical (unpaired) electrons. The van der Waals surface area contributed by atoms with Gasteiger partial charge in [0.05, 0.1) is 6.54 Å². The molecule has 1 aromatic heterocycles. The van der Waals surface area contributed by atoms with Gasteiger partial charge in [0.2, 0.25) is 17.8 Å². The lowest BCUT2D eigenvalue weighted by Crippen LogP contribution is -2.33. The molecule has 2 heterocycles. The Balaban J connectivity index is 2.13. The molecule has 1 aromatic rings. The van der Waals surface area contributed by atoms with Gasteiger partial charge in [-0.1, -0.05) is 0 Å². The number of nitrogens with zero attached hydrogens (tertiary/aromatic N) is 4. The smallest absolute Gasteiger partial charge is 0.287 e. The second-order valence-electron chi connectivity index (χ2n) is 4.95. The minimum atomic E-state index is -3.21. The molecule has 2 rings (SSSR count). The molecule has 118 valence electrons. The van der Waals surface area contributed by atoms with Crippen LogP contribution in [0, 0.1) is 0 Å². The van der Waals surface area contributed by atoms with E-state index in [4.69, 9.17) is 5.11 Å². The Bertz CT molecular complexity index is 467. The third-order valence-electron chi connectivity index (χ3n) is 3.22. The number of anilines is 3. The number of hydrogen-bond acceptors (Lipinski definition) is 7. The van der Waals surface area contributed by atoms with E-state index in [1.54, 1.807) is 7.05 Å². The molecular weight excluding hydrogens is 282 g/mol. The van der Waals surface area contributed by atoms with Gasteiger partial charge in [-0.2, -0.15) is 15.0 Å².